The van der Waals surface area contributed by atoms with E-state index in [2.05, 4.69) is 34.2 Å². The van der Waals surface area contributed by atoms with E-state index in [1.54, 1.807) is 4.90 Å². The van der Waals surface area contributed by atoms with Gasteiger partial charge in [-0.25, -0.2) is 18.0 Å². The Kier molecular flexibility index (Phi) is 7.48. The van der Waals surface area contributed by atoms with Crippen molar-refractivity contribution < 1.29 is 27.2 Å². The number of carbonyl (C=O) groups is 1. The van der Waals surface area contributed by atoms with Gasteiger partial charge in [0.2, 0.25) is 5.89 Å². The Hall–Kier alpha value is -1.88. The molecule has 0 unspecified atom stereocenters. The summed E-state index contributed by atoms with van der Waals surface area (Å²) >= 11 is 0. The monoisotopic (exact) mass is 527 g/mol. The molecule has 0 aromatic carbocycles. The van der Waals surface area contributed by atoms with Crippen molar-refractivity contribution in [1.29, 1.82) is 0 Å². The Morgan fingerprint density at radius 2 is 1.95 bits per heavy atom. The predicted octanol–water partition coefficient (Wildman–Crippen LogP) is 4.26. The van der Waals surface area contributed by atoms with Crippen molar-refractivity contribution in [3.05, 3.63) is 11.7 Å². The normalized spacial score (nSPS) is 33.6. The first kappa shape index (κ1) is 26.7. The van der Waals surface area contributed by atoms with E-state index in [0.29, 0.717) is 62.8 Å². The minimum Gasteiger partial charge on any atom is -0.371 e. The lowest BCUT2D eigenvalue weighted by atomic mass is 9.79. The summed E-state index contributed by atoms with van der Waals surface area (Å²) in [7, 11) is 0. The fraction of sp³-hybridized carbons (Fsp3) is 0.885. The number of piperidine rings is 1. The van der Waals surface area contributed by atoms with E-state index in [9.17, 15) is 9.18 Å². The molecule has 1 aromatic rings. The number of rotatable bonds is 7. The second-order valence-corrected chi connectivity index (χ2v) is 12.2. The first-order valence-electron chi connectivity index (χ1n) is 13.8. The number of hydrogen-bond donors (Lipinski definition) is 1. The Labute approximate surface area is 216 Å². The van der Waals surface area contributed by atoms with Crippen molar-refractivity contribution in [3.63, 3.8) is 0 Å². The zero-order valence-corrected chi connectivity index (χ0v) is 22.1. The largest absolute Gasteiger partial charge is 0.371 e. The van der Waals surface area contributed by atoms with Gasteiger partial charge in [0.25, 0.3) is 5.92 Å². The Morgan fingerprint density at radius 3 is 2.62 bits per heavy atom. The summed E-state index contributed by atoms with van der Waals surface area (Å²) in [6, 6.07) is -1.82. The van der Waals surface area contributed by atoms with Crippen LogP contribution in [0.15, 0.2) is 4.52 Å². The van der Waals surface area contributed by atoms with Crippen LogP contribution in [-0.4, -0.2) is 89.0 Å². The second-order valence-electron chi connectivity index (χ2n) is 12.2. The van der Waals surface area contributed by atoms with E-state index < -0.39 is 35.7 Å². The molecule has 5 atom stereocenters. The van der Waals surface area contributed by atoms with E-state index >= 15 is 8.78 Å². The number of nitrogens with one attached hydrogen (secondary N) is 1. The van der Waals surface area contributed by atoms with Crippen molar-refractivity contribution in [2.75, 3.05) is 32.7 Å². The van der Waals surface area contributed by atoms with Crippen molar-refractivity contribution in [1.82, 2.24) is 25.3 Å². The first-order valence-corrected chi connectivity index (χ1v) is 13.8. The lowest BCUT2D eigenvalue weighted by Crippen LogP contribution is -2.61. The van der Waals surface area contributed by atoms with E-state index in [1.807, 2.05) is 6.92 Å². The number of carbonyl (C=O) groups excluding carboxylic acids is 1. The van der Waals surface area contributed by atoms with Gasteiger partial charge in [-0.3, -0.25) is 0 Å². The predicted molar refractivity (Wildman–Crippen MR) is 130 cm³/mol. The highest BCUT2D eigenvalue weighted by Crippen LogP contribution is 2.44. The molecule has 208 valence electrons. The van der Waals surface area contributed by atoms with Crippen LogP contribution in [0.4, 0.5) is 18.0 Å². The van der Waals surface area contributed by atoms with Crippen LogP contribution in [0.2, 0.25) is 0 Å². The molecular formula is C26H40F3N5O3. The number of hydrogen-bond acceptors (Lipinski definition) is 6. The summed E-state index contributed by atoms with van der Waals surface area (Å²) in [4.78, 5) is 21.5. The SMILES string of the molecule is CC(C)CN1CC[C@H](O[C@H]2CCCC(F)(F)[C@@H]2NC(=O)N2CCC(C)(c3noc([C@@H]4C[C@@H]4F)n3)CC2)C1. The maximum Gasteiger partial charge on any atom is 0.317 e. The summed E-state index contributed by atoms with van der Waals surface area (Å²) < 4.78 is 54.9. The Morgan fingerprint density at radius 1 is 1.22 bits per heavy atom. The van der Waals surface area contributed by atoms with Crippen LogP contribution in [0.25, 0.3) is 0 Å². The third-order valence-corrected chi connectivity index (χ3v) is 8.49. The van der Waals surface area contributed by atoms with E-state index in [0.717, 1.165) is 26.1 Å². The van der Waals surface area contributed by atoms with E-state index in [-0.39, 0.29) is 18.4 Å². The standard InChI is InChI=1S/C26H40F3N5O3/c1-16(2)14-33-10-6-17(15-33)36-20-5-4-7-26(28,29)21(20)30-24(35)34-11-8-25(3,9-12-34)23-31-22(37-32-23)18-13-19(18)27/h16-21H,4-15H2,1-3H3,(H,30,35)/t17-,18+,19-,20-,21+/m0/s1. The molecule has 0 bridgehead atoms. The maximum atomic E-state index is 15.0. The Bertz CT molecular complexity index is 952. The van der Waals surface area contributed by atoms with Crippen LogP contribution in [0.5, 0.6) is 0 Å². The number of halogens is 3. The third-order valence-electron chi connectivity index (χ3n) is 8.49. The zero-order valence-electron chi connectivity index (χ0n) is 22.1. The summed E-state index contributed by atoms with van der Waals surface area (Å²) in [5, 5.41) is 6.73. The van der Waals surface area contributed by atoms with Gasteiger partial charge in [-0.05, 0) is 44.4 Å². The van der Waals surface area contributed by atoms with E-state index in [4.69, 9.17) is 9.26 Å². The molecule has 5 rings (SSSR count). The van der Waals surface area contributed by atoms with Crippen LogP contribution in [-0.2, 0) is 10.2 Å². The van der Waals surface area contributed by atoms with Gasteiger partial charge in [-0.2, -0.15) is 4.98 Å². The van der Waals surface area contributed by atoms with Crippen molar-refractivity contribution in [2.45, 2.75) is 107 Å². The highest BCUT2D eigenvalue weighted by atomic mass is 19.3. The van der Waals surface area contributed by atoms with Crippen LogP contribution in [0.3, 0.4) is 0 Å². The quantitative estimate of drug-likeness (QED) is 0.571. The molecule has 2 aliphatic heterocycles. The van der Waals surface area contributed by atoms with Gasteiger partial charge in [0.1, 0.15) is 12.2 Å². The highest BCUT2D eigenvalue weighted by molar-refractivity contribution is 5.75. The molecule has 8 nitrogen and oxygen atoms in total. The molecule has 11 heteroatoms. The van der Waals surface area contributed by atoms with Crippen molar-refractivity contribution in [2.24, 2.45) is 5.92 Å². The van der Waals surface area contributed by atoms with Gasteiger partial charge in [0.15, 0.2) is 5.82 Å². The number of alkyl halides is 3. The molecule has 0 spiro atoms. The zero-order chi connectivity index (χ0) is 26.4. The number of amides is 2. The van der Waals surface area contributed by atoms with Crippen molar-refractivity contribution >= 4 is 6.03 Å². The molecule has 0 radical (unpaired) electrons. The minimum absolute atomic E-state index is 0.0871. The molecule has 1 N–H and O–H groups in total. The molecule has 2 saturated heterocycles. The third kappa shape index (κ3) is 5.92. The Balaban J connectivity index is 1.17. The molecule has 4 fully saturated rings. The van der Waals surface area contributed by atoms with Gasteiger partial charge in [-0.1, -0.05) is 25.9 Å². The summed E-state index contributed by atoms with van der Waals surface area (Å²) in [6.45, 7) is 9.73. The summed E-state index contributed by atoms with van der Waals surface area (Å²) in [6.07, 6.45) is 1.32. The molecule has 2 saturated carbocycles. The van der Waals surface area contributed by atoms with Gasteiger partial charge >= 0.3 is 6.03 Å². The number of aromatic nitrogens is 2. The molecular weight excluding hydrogens is 487 g/mol. The van der Waals surface area contributed by atoms with Crippen LogP contribution in [0, 0.1) is 5.92 Å². The average Bonchev–Trinajstić information content (AvgIpc) is 3.20. The molecule has 2 aliphatic carbocycles. The fourth-order valence-corrected chi connectivity index (χ4v) is 6.02. The van der Waals surface area contributed by atoms with Crippen LogP contribution >= 0.6 is 0 Å². The number of urea groups is 1. The highest BCUT2D eigenvalue weighted by Gasteiger charge is 2.50. The van der Waals surface area contributed by atoms with Crippen LogP contribution < -0.4 is 5.32 Å². The van der Waals surface area contributed by atoms with Gasteiger partial charge in [0, 0.05) is 44.6 Å². The fourth-order valence-electron chi connectivity index (χ4n) is 6.02. The van der Waals surface area contributed by atoms with Crippen LogP contribution in [0.1, 0.15) is 83.3 Å². The molecule has 3 heterocycles. The van der Waals surface area contributed by atoms with Gasteiger partial charge < -0.3 is 24.4 Å². The first-order chi connectivity index (χ1) is 17.5. The van der Waals surface area contributed by atoms with Crippen molar-refractivity contribution in [3.8, 4) is 0 Å². The van der Waals surface area contributed by atoms with E-state index in [1.165, 1.54) is 0 Å². The molecule has 4 aliphatic rings. The van der Waals surface area contributed by atoms with Gasteiger partial charge in [-0.15, -0.1) is 0 Å². The topological polar surface area (TPSA) is 83.7 Å². The summed E-state index contributed by atoms with van der Waals surface area (Å²) in [5.74, 6) is -1.91. The number of nitrogens with zero attached hydrogens (tertiary/aromatic N) is 4. The number of ether oxygens (including phenoxy) is 1. The van der Waals surface area contributed by atoms with Gasteiger partial charge in [0.05, 0.1) is 18.1 Å². The molecule has 37 heavy (non-hydrogen) atoms. The number of likely N-dealkylation sites (tertiary alicyclic amines) is 2. The lowest BCUT2D eigenvalue weighted by Gasteiger charge is -2.42. The lowest BCUT2D eigenvalue weighted by molar-refractivity contribution is -0.138. The average molecular weight is 528 g/mol. The minimum atomic E-state index is -3.02. The smallest absolute Gasteiger partial charge is 0.317 e. The summed E-state index contributed by atoms with van der Waals surface area (Å²) in [5.41, 5.74) is -0.413. The maximum absolute atomic E-state index is 15.0. The second kappa shape index (κ2) is 10.4. The molecule has 1 aromatic heterocycles. The molecule has 2 amide bonds.